The van der Waals surface area contributed by atoms with Crippen molar-refractivity contribution in [3.8, 4) is 0 Å². The van der Waals surface area contributed by atoms with Gasteiger partial charge in [0.2, 0.25) is 0 Å². The molecule has 1 aliphatic rings. The fraction of sp³-hybridized carbons (Fsp3) is 0.538. The van der Waals surface area contributed by atoms with Crippen molar-refractivity contribution in [3.05, 3.63) is 28.2 Å². The van der Waals surface area contributed by atoms with Gasteiger partial charge in [0.15, 0.2) is 0 Å². The molecular formula is C13H18BrNS. The highest BCUT2D eigenvalue weighted by atomic mass is 79.9. The molecule has 0 bridgehead atoms. The van der Waals surface area contributed by atoms with E-state index in [0.717, 1.165) is 21.8 Å². The van der Waals surface area contributed by atoms with E-state index in [2.05, 4.69) is 33.8 Å². The molecular weight excluding hydrogens is 282 g/mol. The molecule has 0 amide bonds. The van der Waals surface area contributed by atoms with Crippen molar-refractivity contribution in [2.45, 2.75) is 31.4 Å². The summed E-state index contributed by atoms with van der Waals surface area (Å²) in [5, 5.41) is 0. The van der Waals surface area contributed by atoms with Gasteiger partial charge in [0.1, 0.15) is 0 Å². The van der Waals surface area contributed by atoms with Crippen molar-refractivity contribution >= 4 is 33.4 Å². The summed E-state index contributed by atoms with van der Waals surface area (Å²) < 4.78 is 1.14. The lowest BCUT2D eigenvalue weighted by molar-refractivity contribution is 0.623. The third kappa shape index (κ3) is 3.42. The number of rotatable bonds is 4. The first-order chi connectivity index (χ1) is 7.75. The predicted molar refractivity (Wildman–Crippen MR) is 76.7 cm³/mol. The minimum Gasteiger partial charge on any atom is -0.399 e. The maximum atomic E-state index is 5.72. The van der Waals surface area contributed by atoms with Crippen LogP contribution in [0.3, 0.4) is 0 Å². The second-order valence-corrected chi connectivity index (χ2v) is 6.40. The largest absolute Gasteiger partial charge is 0.399 e. The van der Waals surface area contributed by atoms with Gasteiger partial charge in [-0.2, -0.15) is 11.8 Å². The summed E-state index contributed by atoms with van der Waals surface area (Å²) in [7, 11) is 0. The average Bonchev–Trinajstić information content (AvgIpc) is 2.74. The predicted octanol–water partition coefficient (Wildman–Crippen LogP) is 4.45. The highest BCUT2D eigenvalue weighted by Crippen LogP contribution is 2.30. The molecule has 0 unspecified atom stereocenters. The lowest BCUT2D eigenvalue weighted by atomic mass is 10.1. The Morgan fingerprint density at radius 1 is 1.31 bits per heavy atom. The molecule has 0 heterocycles. The quantitative estimate of drug-likeness (QED) is 0.831. The first kappa shape index (κ1) is 12.3. The van der Waals surface area contributed by atoms with Crippen molar-refractivity contribution in [1.82, 2.24) is 0 Å². The topological polar surface area (TPSA) is 26.0 Å². The number of nitrogens with two attached hydrogens (primary N) is 1. The molecule has 1 aromatic carbocycles. The van der Waals surface area contributed by atoms with Gasteiger partial charge in [-0.1, -0.05) is 34.8 Å². The van der Waals surface area contributed by atoms with Crippen molar-refractivity contribution in [2.24, 2.45) is 5.92 Å². The molecule has 2 N–H and O–H groups in total. The molecule has 2 rings (SSSR count). The van der Waals surface area contributed by atoms with Crippen LogP contribution in [0.25, 0.3) is 0 Å². The van der Waals surface area contributed by atoms with Gasteiger partial charge in [0.25, 0.3) is 0 Å². The zero-order chi connectivity index (χ0) is 11.4. The van der Waals surface area contributed by atoms with Crippen molar-refractivity contribution < 1.29 is 0 Å². The van der Waals surface area contributed by atoms with Crippen molar-refractivity contribution in [1.29, 1.82) is 0 Å². The van der Waals surface area contributed by atoms with E-state index in [4.69, 9.17) is 5.73 Å². The Hall–Kier alpha value is -0.150. The van der Waals surface area contributed by atoms with Gasteiger partial charge >= 0.3 is 0 Å². The zero-order valence-electron chi connectivity index (χ0n) is 9.42. The van der Waals surface area contributed by atoms with E-state index in [1.54, 1.807) is 0 Å². The van der Waals surface area contributed by atoms with Crippen LogP contribution in [0.15, 0.2) is 22.7 Å². The summed E-state index contributed by atoms with van der Waals surface area (Å²) >= 11 is 5.62. The second kappa shape index (κ2) is 5.97. The summed E-state index contributed by atoms with van der Waals surface area (Å²) in [6, 6.07) is 6.10. The highest BCUT2D eigenvalue weighted by molar-refractivity contribution is 9.10. The number of benzene rings is 1. The fourth-order valence-corrected chi connectivity index (χ4v) is 4.17. The summed E-state index contributed by atoms with van der Waals surface area (Å²) in [4.78, 5) is 0. The fourth-order valence-electron chi connectivity index (χ4n) is 2.19. The smallest absolute Gasteiger partial charge is 0.0325 e. The van der Waals surface area contributed by atoms with E-state index in [0.29, 0.717) is 0 Å². The molecule has 0 saturated heterocycles. The highest BCUT2D eigenvalue weighted by Gasteiger charge is 2.14. The third-order valence-electron chi connectivity index (χ3n) is 3.16. The molecule has 1 saturated carbocycles. The van der Waals surface area contributed by atoms with E-state index in [-0.39, 0.29) is 0 Å². The van der Waals surface area contributed by atoms with Crippen LogP contribution in [0.1, 0.15) is 31.2 Å². The van der Waals surface area contributed by atoms with Crippen molar-refractivity contribution in [3.63, 3.8) is 0 Å². The van der Waals surface area contributed by atoms with Gasteiger partial charge in [-0.3, -0.25) is 0 Å². The first-order valence-corrected chi connectivity index (χ1v) is 7.82. The van der Waals surface area contributed by atoms with Crippen LogP contribution < -0.4 is 5.73 Å². The SMILES string of the molecule is Nc1ccc(CSCC2CCCC2)c(Br)c1. The first-order valence-electron chi connectivity index (χ1n) is 5.87. The summed E-state index contributed by atoms with van der Waals surface area (Å²) in [6.45, 7) is 0. The molecule has 1 nitrogen and oxygen atoms in total. The molecule has 3 heteroatoms. The molecule has 88 valence electrons. The Morgan fingerprint density at radius 3 is 2.75 bits per heavy atom. The van der Waals surface area contributed by atoms with Crippen LogP contribution in [-0.2, 0) is 5.75 Å². The van der Waals surface area contributed by atoms with E-state index in [9.17, 15) is 0 Å². The van der Waals surface area contributed by atoms with Crippen molar-refractivity contribution in [2.75, 3.05) is 11.5 Å². The Bertz CT molecular complexity index is 348. The lowest BCUT2D eigenvalue weighted by Crippen LogP contribution is -1.97. The van der Waals surface area contributed by atoms with E-state index >= 15 is 0 Å². The normalized spacial score (nSPS) is 16.8. The summed E-state index contributed by atoms with van der Waals surface area (Å²) in [5.41, 5.74) is 7.91. The molecule has 0 radical (unpaired) electrons. The van der Waals surface area contributed by atoms with Gasteiger partial charge in [-0.15, -0.1) is 0 Å². The summed E-state index contributed by atoms with van der Waals surface area (Å²) in [5.74, 6) is 3.38. The number of hydrogen-bond acceptors (Lipinski definition) is 2. The van der Waals surface area contributed by atoms with Crippen LogP contribution in [-0.4, -0.2) is 5.75 Å². The summed E-state index contributed by atoms with van der Waals surface area (Å²) in [6.07, 6.45) is 5.76. The van der Waals surface area contributed by atoms with Crippen LogP contribution in [0, 0.1) is 5.92 Å². The number of nitrogen functional groups attached to an aromatic ring is 1. The molecule has 16 heavy (non-hydrogen) atoms. The van der Waals surface area contributed by atoms with E-state index in [1.165, 1.54) is 37.0 Å². The molecule has 1 fully saturated rings. The minimum atomic E-state index is 0.830. The van der Waals surface area contributed by atoms with Crippen LogP contribution in [0.4, 0.5) is 5.69 Å². The van der Waals surface area contributed by atoms with Gasteiger partial charge in [0, 0.05) is 15.9 Å². The molecule has 1 aromatic rings. The van der Waals surface area contributed by atoms with E-state index in [1.807, 2.05) is 12.1 Å². The zero-order valence-corrected chi connectivity index (χ0v) is 11.8. The van der Waals surface area contributed by atoms with Gasteiger partial charge in [-0.05, 0) is 42.2 Å². The molecule has 0 spiro atoms. The Labute approximate surface area is 110 Å². The Kier molecular flexibility index (Phi) is 4.59. The van der Waals surface area contributed by atoms with Crippen LogP contribution >= 0.6 is 27.7 Å². The maximum absolute atomic E-state index is 5.72. The third-order valence-corrected chi connectivity index (χ3v) is 5.12. The second-order valence-electron chi connectivity index (χ2n) is 4.52. The van der Waals surface area contributed by atoms with E-state index < -0.39 is 0 Å². The van der Waals surface area contributed by atoms with Gasteiger partial charge in [0.05, 0.1) is 0 Å². The molecule has 0 aliphatic heterocycles. The molecule has 1 aliphatic carbocycles. The standard InChI is InChI=1S/C13H18BrNS/c14-13-7-12(15)6-5-11(13)9-16-8-10-3-1-2-4-10/h5-7,10H,1-4,8-9,15H2. The monoisotopic (exact) mass is 299 g/mol. The molecule has 0 aromatic heterocycles. The maximum Gasteiger partial charge on any atom is 0.0325 e. The van der Waals surface area contributed by atoms with Crippen LogP contribution in [0.5, 0.6) is 0 Å². The number of hydrogen-bond donors (Lipinski definition) is 1. The number of anilines is 1. The number of halogens is 1. The lowest BCUT2D eigenvalue weighted by Gasteiger charge is -2.09. The average molecular weight is 300 g/mol. The van der Waals surface area contributed by atoms with Gasteiger partial charge in [-0.25, -0.2) is 0 Å². The minimum absolute atomic E-state index is 0.830. The molecule has 0 atom stereocenters. The number of thioether (sulfide) groups is 1. The van der Waals surface area contributed by atoms with Gasteiger partial charge < -0.3 is 5.73 Å². The van der Waals surface area contributed by atoms with Crippen LogP contribution in [0.2, 0.25) is 0 Å². The Morgan fingerprint density at radius 2 is 2.06 bits per heavy atom. The Balaban J connectivity index is 1.80.